The van der Waals surface area contributed by atoms with E-state index in [0.717, 1.165) is 16.7 Å². The molecule has 3 aromatic rings. The van der Waals surface area contributed by atoms with Crippen LogP contribution in [0.2, 0.25) is 0 Å². The highest BCUT2D eigenvalue weighted by Crippen LogP contribution is 2.28. The highest BCUT2D eigenvalue weighted by atomic mass is 16.5. The van der Waals surface area contributed by atoms with Crippen LogP contribution in [0.1, 0.15) is 6.92 Å². The van der Waals surface area contributed by atoms with Gasteiger partial charge in [-0.05, 0) is 25.1 Å². The summed E-state index contributed by atoms with van der Waals surface area (Å²) in [5.41, 5.74) is 7.32. The lowest BCUT2D eigenvalue weighted by Crippen LogP contribution is -2.00. The van der Waals surface area contributed by atoms with Crippen molar-refractivity contribution in [2.45, 2.75) is 6.92 Å². The largest absolute Gasteiger partial charge is 0.493 e. The van der Waals surface area contributed by atoms with Crippen LogP contribution in [-0.4, -0.2) is 26.4 Å². The molecule has 0 fully saturated rings. The molecule has 2 heterocycles. The van der Waals surface area contributed by atoms with E-state index in [4.69, 9.17) is 10.5 Å². The molecule has 0 spiro atoms. The van der Waals surface area contributed by atoms with Crippen molar-refractivity contribution in [3.63, 3.8) is 0 Å². The molecular weight excluding hydrogens is 242 g/mol. The van der Waals surface area contributed by atoms with Crippen LogP contribution in [0.4, 0.5) is 5.69 Å². The maximum absolute atomic E-state index is 5.81. The second-order valence-electron chi connectivity index (χ2n) is 4.06. The van der Waals surface area contributed by atoms with Crippen molar-refractivity contribution >= 4 is 16.6 Å². The molecule has 0 amide bonds. The van der Waals surface area contributed by atoms with E-state index in [2.05, 4.69) is 15.2 Å². The number of fused-ring (bicyclic) bond motifs is 1. The fourth-order valence-corrected chi connectivity index (χ4v) is 1.93. The number of anilines is 1. The first-order chi connectivity index (χ1) is 9.28. The van der Waals surface area contributed by atoms with E-state index >= 15 is 0 Å². The average molecular weight is 255 g/mol. The minimum atomic E-state index is 0.579. The molecular formula is C13H13N5O. The van der Waals surface area contributed by atoms with E-state index in [9.17, 15) is 0 Å². The summed E-state index contributed by atoms with van der Waals surface area (Å²) in [6.45, 7) is 2.52. The lowest BCUT2D eigenvalue weighted by molar-refractivity contribution is 0.344. The summed E-state index contributed by atoms with van der Waals surface area (Å²) >= 11 is 0. The summed E-state index contributed by atoms with van der Waals surface area (Å²) in [6.07, 6.45) is 3.20. The summed E-state index contributed by atoms with van der Waals surface area (Å²) in [6, 6.07) is 7.42. The van der Waals surface area contributed by atoms with Crippen molar-refractivity contribution in [3.8, 4) is 11.6 Å². The average Bonchev–Trinajstić information content (AvgIpc) is 2.93. The van der Waals surface area contributed by atoms with Crippen LogP contribution in [0, 0.1) is 0 Å². The number of pyridine rings is 1. The van der Waals surface area contributed by atoms with Crippen molar-refractivity contribution in [2.75, 3.05) is 12.3 Å². The molecule has 0 aliphatic heterocycles. The molecule has 19 heavy (non-hydrogen) atoms. The predicted molar refractivity (Wildman–Crippen MR) is 72.2 cm³/mol. The second kappa shape index (κ2) is 4.56. The summed E-state index contributed by atoms with van der Waals surface area (Å²) < 4.78 is 7.40. The van der Waals surface area contributed by atoms with Crippen LogP contribution >= 0.6 is 0 Å². The quantitative estimate of drug-likeness (QED) is 0.722. The third-order valence-electron chi connectivity index (χ3n) is 2.76. The zero-order valence-corrected chi connectivity index (χ0v) is 10.4. The Morgan fingerprint density at radius 1 is 1.21 bits per heavy atom. The first-order valence-corrected chi connectivity index (χ1v) is 5.96. The van der Waals surface area contributed by atoms with E-state index in [-0.39, 0.29) is 0 Å². The smallest absolute Gasteiger partial charge is 0.143 e. The van der Waals surface area contributed by atoms with E-state index in [0.29, 0.717) is 18.1 Å². The van der Waals surface area contributed by atoms with Gasteiger partial charge in [0.2, 0.25) is 0 Å². The second-order valence-corrected chi connectivity index (χ2v) is 4.06. The van der Waals surface area contributed by atoms with Gasteiger partial charge < -0.3 is 10.5 Å². The molecule has 3 rings (SSSR count). The van der Waals surface area contributed by atoms with Crippen LogP contribution in [-0.2, 0) is 0 Å². The van der Waals surface area contributed by atoms with Crippen molar-refractivity contribution in [2.24, 2.45) is 0 Å². The Kier molecular flexibility index (Phi) is 2.75. The fraction of sp³-hybridized carbons (Fsp3) is 0.154. The van der Waals surface area contributed by atoms with Gasteiger partial charge in [-0.3, -0.25) is 4.57 Å². The minimum absolute atomic E-state index is 0.579. The number of aromatic nitrogens is 4. The molecule has 2 aromatic heterocycles. The molecule has 6 nitrogen and oxygen atoms in total. The highest BCUT2D eigenvalue weighted by Gasteiger charge is 2.08. The Bertz CT molecular complexity index is 708. The maximum atomic E-state index is 5.81. The maximum Gasteiger partial charge on any atom is 0.143 e. The first-order valence-electron chi connectivity index (χ1n) is 5.96. The number of benzene rings is 1. The van der Waals surface area contributed by atoms with E-state index < -0.39 is 0 Å². The summed E-state index contributed by atoms with van der Waals surface area (Å²) in [5.74, 6) is 1.47. The molecule has 96 valence electrons. The summed E-state index contributed by atoms with van der Waals surface area (Å²) in [5, 5.41) is 8.46. The van der Waals surface area contributed by atoms with Crippen LogP contribution in [0.3, 0.4) is 0 Å². The number of hydrogen-bond donors (Lipinski definition) is 1. The Morgan fingerprint density at radius 2 is 2.00 bits per heavy atom. The number of nitrogen functional groups attached to an aromatic ring is 1. The van der Waals surface area contributed by atoms with Gasteiger partial charge in [-0.25, -0.2) is 4.98 Å². The topological polar surface area (TPSA) is 78.8 Å². The molecule has 0 aliphatic rings. The highest BCUT2D eigenvalue weighted by molar-refractivity contribution is 5.88. The molecule has 0 bridgehead atoms. The number of nitrogens with two attached hydrogens (primary N) is 1. The molecule has 0 radical (unpaired) electrons. The standard InChI is InChI=1S/C13H13N5O/c1-2-19-12-6-13(18-7-15-16-8-18)17-11-4-3-9(14)5-10(11)12/h3-8H,2,14H2,1H3. The number of hydrogen-bond acceptors (Lipinski definition) is 5. The van der Waals surface area contributed by atoms with Gasteiger partial charge in [-0.1, -0.05) is 0 Å². The lowest BCUT2D eigenvalue weighted by Gasteiger charge is -2.10. The van der Waals surface area contributed by atoms with Crippen molar-refractivity contribution < 1.29 is 4.74 Å². The van der Waals surface area contributed by atoms with Gasteiger partial charge in [0.25, 0.3) is 0 Å². The first kappa shape index (κ1) is 11.5. The number of nitrogens with zero attached hydrogens (tertiary/aromatic N) is 4. The zero-order chi connectivity index (χ0) is 13.2. The van der Waals surface area contributed by atoms with Gasteiger partial charge in [0.1, 0.15) is 24.2 Å². The monoisotopic (exact) mass is 255 g/mol. The lowest BCUT2D eigenvalue weighted by atomic mass is 10.2. The van der Waals surface area contributed by atoms with Crippen LogP contribution in [0.15, 0.2) is 36.9 Å². The van der Waals surface area contributed by atoms with Gasteiger partial charge in [0.15, 0.2) is 0 Å². The Balaban J connectivity index is 2.24. The predicted octanol–water partition coefficient (Wildman–Crippen LogP) is 1.80. The SMILES string of the molecule is CCOc1cc(-n2cnnc2)nc2ccc(N)cc12. The molecule has 0 atom stereocenters. The van der Waals surface area contributed by atoms with Crippen molar-refractivity contribution in [1.82, 2.24) is 19.7 Å². The van der Waals surface area contributed by atoms with Crippen molar-refractivity contribution in [3.05, 3.63) is 36.9 Å². The molecule has 0 saturated heterocycles. The number of rotatable bonds is 3. The molecule has 0 saturated carbocycles. The summed E-state index contributed by atoms with van der Waals surface area (Å²) in [7, 11) is 0. The van der Waals surface area contributed by atoms with Gasteiger partial charge in [0, 0.05) is 17.1 Å². The van der Waals surface area contributed by atoms with Gasteiger partial charge in [-0.15, -0.1) is 10.2 Å². The molecule has 1 aromatic carbocycles. The van der Waals surface area contributed by atoms with Crippen LogP contribution in [0.25, 0.3) is 16.7 Å². The van der Waals surface area contributed by atoms with Crippen molar-refractivity contribution in [1.29, 1.82) is 0 Å². The normalized spacial score (nSPS) is 10.8. The molecule has 2 N–H and O–H groups in total. The third kappa shape index (κ3) is 2.08. The van der Waals surface area contributed by atoms with Gasteiger partial charge in [-0.2, -0.15) is 0 Å². The van der Waals surface area contributed by atoms with Crippen LogP contribution < -0.4 is 10.5 Å². The molecule has 6 heteroatoms. The minimum Gasteiger partial charge on any atom is -0.493 e. The summed E-state index contributed by atoms with van der Waals surface area (Å²) in [4.78, 5) is 4.55. The molecule has 0 aliphatic carbocycles. The third-order valence-corrected chi connectivity index (χ3v) is 2.76. The van der Waals surface area contributed by atoms with Gasteiger partial charge >= 0.3 is 0 Å². The Labute approximate surface area is 109 Å². The zero-order valence-electron chi connectivity index (χ0n) is 10.4. The van der Waals surface area contributed by atoms with E-state index in [1.807, 2.05) is 31.2 Å². The number of ether oxygens (including phenoxy) is 1. The van der Waals surface area contributed by atoms with Gasteiger partial charge in [0.05, 0.1) is 12.1 Å². The van der Waals surface area contributed by atoms with E-state index in [1.54, 1.807) is 17.2 Å². The van der Waals surface area contributed by atoms with Crippen LogP contribution in [0.5, 0.6) is 5.75 Å². The Hall–Kier alpha value is -2.63. The Morgan fingerprint density at radius 3 is 2.74 bits per heavy atom. The molecule has 0 unspecified atom stereocenters. The van der Waals surface area contributed by atoms with E-state index in [1.165, 1.54) is 0 Å². The fourth-order valence-electron chi connectivity index (χ4n) is 1.93.